The number of aromatic nitrogens is 3. The molecule has 12 heteroatoms. The second-order valence-corrected chi connectivity index (χ2v) is 8.77. The number of nitrogens with one attached hydrogen (secondary N) is 3. The molecule has 2 rings (SSSR count). The largest absolute Gasteiger partial charge is 0.469 e. The number of H-pyrrole nitrogens is 1. The Morgan fingerprint density at radius 1 is 1.14 bits per heavy atom. The van der Waals surface area contributed by atoms with Gasteiger partial charge in [0.2, 0.25) is 17.8 Å². The number of rotatable bonds is 8. The zero-order valence-corrected chi connectivity index (χ0v) is 20.8. The molecule has 0 saturated carbocycles. The van der Waals surface area contributed by atoms with E-state index in [1.165, 1.54) is 26.5 Å². The summed E-state index contributed by atoms with van der Waals surface area (Å²) in [4.78, 5) is 70.7. The maximum atomic E-state index is 12.4. The Bertz CT molecular complexity index is 1270. The molecule has 0 aromatic carbocycles. The molecule has 192 valence electrons. The highest BCUT2D eigenvalue weighted by atomic mass is 16.5. The predicted octanol–water partition coefficient (Wildman–Crippen LogP) is 1.05. The molecule has 0 unspecified atom stereocenters. The van der Waals surface area contributed by atoms with Gasteiger partial charge in [-0.05, 0) is 12.5 Å². The van der Waals surface area contributed by atoms with Crippen LogP contribution in [0.5, 0.6) is 0 Å². The summed E-state index contributed by atoms with van der Waals surface area (Å²) >= 11 is 0. The van der Waals surface area contributed by atoms with E-state index in [1.807, 2.05) is 0 Å². The molecule has 0 saturated heterocycles. The summed E-state index contributed by atoms with van der Waals surface area (Å²) in [6, 6.07) is 0.535. The Kier molecular flexibility index (Phi) is 9.66. The average molecular weight is 500 g/mol. The molecule has 2 amide bonds. The Labute approximate surface area is 207 Å². The fraction of sp³-hybridized carbons (Fsp3) is 0.458. The van der Waals surface area contributed by atoms with E-state index >= 15 is 0 Å². The highest BCUT2D eigenvalue weighted by Crippen LogP contribution is 2.16. The van der Waals surface area contributed by atoms with Crippen molar-refractivity contribution in [2.24, 2.45) is 5.41 Å². The molecule has 2 aromatic rings. The van der Waals surface area contributed by atoms with Crippen molar-refractivity contribution >= 4 is 40.7 Å². The zero-order valence-electron chi connectivity index (χ0n) is 20.8. The van der Waals surface area contributed by atoms with Gasteiger partial charge < -0.3 is 14.8 Å². The number of nitrogens with zero attached hydrogens (tertiary/aromatic N) is 2. The monoisotopic (exact) mass is 499 g/mol. The van der Waals surface area contributed by atoms with Crippen molar-refractivity contribution in [2.75, 3.05) is 19.5 Å². The Morgan fingerprint density at radius 3 is 2.50 bits per heavy atom. The summed E-state index contributed by atoms with van der Waals surface area (Å²) in [6.45, 7) is 5.20. The summed E-state index contributed by atoms with van der Waals surface area (Å²) in [6.07, 6.45) is 1.59. The Morgan fingerprint density at radius 2 is 1.86 bits per heavy atom. The van der Waals surface area contributed by atoms with Gasteiger partial charge in [0.25, 0.3) is 5.56 Å². The first-order valence-electron chi connectivity index (χ1n) is 11.1. The number of carbonyl (C=O) groups is 4. The topological polar surface area (TPSA) is 169 Å². The number of methoxy groups -OCH3 is 2. The first kappa shape index (κ1) is 28.0. The first-order valence-corrected chi connectivity index (χ1v) is 11.1. The number of aromatic amines is 1. The third kappa shape index (κ3) is 8.19. The van der Waals surface area contributed by atoms with E-state index in [-0.39, 0.29) is 48.6 Å². The number of carbonyl (C=O) groups excluding carboxylic acids is 4. The molecule has 2 aromatic heterocycles. The molecule has 0 aliphatic heterocycles. The van der Waals surface area contributed by atoms with E-state index in [0.29, 0.717) is 5.56 Å². The van der Waals surface area contributed by atoms with Crippen molar-refractivity contribution in [1.82, 2.24) is 20.3 Å². The number of amides is 2. The van der Waals surface area contributed by atoms with Crippen molar-refractivity contribution in [3.05, 3.63) is 28.2 Å². The Balaban J connectivity index is 2.01. The van der Waals surface area contributed by atoms with Gasteiger partial charge >= 0.3 is 11.9 Å². The number of pyridine rings is 1. The van der Waals surface area contributed by atoms with Crippen molar-refractivity contribution in [3.8, 4) is 11.8 Å². The Hall–Kier alpha value is -4.27. The number of ether oxygens (including phenoxy) is 2. The maximum absolute atomic E-state index is 12.4. The van der Waals surface area contributed by atoms with Crippen LogP contribution in [-0.4, -0.2) is 59.0 Å². The molecule has 0 spiro atoms. The summed E-state index contributed by atoms with van der Waals surface area (Å²) in [5.41, 5.74) is -0.568. The minimum atomic E-state index is -0.975. The lowest BCUT2D eigenvalue weighted by molar-refractivity contribution is -0.146. The molecule has 36 heavy (non-hydrogen) atoms. The van der Waals surface area contributed by atoms with Gasteiger partial charge in [0.1, 0.15) is 6.04 Å². The molecule has 0 radical (unpaired) electrons. The van der Waals surface area contributed by atoms with Gasteiger partial charge in [-0.1, -0.05) is 32.6 Å². The van der Waals surface area contributed by atoms with Crippen molar-refractivity contribution in [2.45, 2.75) is 52.5 Å². The zero-order chi connectivity index (χ0) is 26.9. The van der Waals surface area contributed by atoms with Gasteiger partial charge in [-0.2, -0.15) is 4.98 Å². The summed E-state index contributed by atoms with van der Waals surface area (Å²) in [5, 5.41) is 5.27. The maximum Gasteiger partial charge on any atom is 0.328 e. The van der Waals surface area contributed by atoms with Crippen molar-refractivity contribution < 1.29 is 28.7 Å². The van der Waals surface area contributed by atoms with Gasteiger partial charge in [-0.15, -0.1) is 0 Å². The lowest BCUT2D eigenvalue weighted by Gasteiger charge is -2.16. The van der Waals surface area contributed by atoms with Crippen LogP contribution >= 0.6 is 0 Å². The number of fused-ring (bicyclic) bond motifs is 1. The smallest absolute Gasteiger partial charge is 0.328 e. The van der Waals surface area contributed by atoms with Crippen LogP contribution in [0.3, 0.4) is 0 Å². The molecule has 1 atom stereocenters. The third-order valence-electron chi connectivity index (χ3n) is 4.87. The van der Waals surface area contributed by atoms with Crippen molar-refractivity contribution in [3.63, 3.8) is 0 Å². The second kappa shape index (κ2) is 12.4. The number of hydrogen-bond acceptors (Lipinski definition) is 9. The van der Waals surface area contributed by atoms with Gasteiger partial charge in [0.15, 0.2) is 5.65 Å². The normalized spacial score (nSPS) is 11.6. The molecular formula is C24H29N5O7. The fourth-order valence-corrected chi connectivity index (χ4v) is 2.81. The molecule has 2 heterocycles. The van der Waals surface area contributed by atoms with E-state index < -0.39 is 34.9 Å². The SMILES string of the molecule is COC(=O)CC[C@@H](NC(=O)CCC#Cc1cnc2nc(NC(=O)C(C)(C)C)[nH]c(=O)c2c1)C(=O)OC. The van der Waals surface area contributed by atoms with E-state index in [1.54, 1.807) is 20.8 Å². The van der Waals surface area contributed by atoms with Crippen molar-refractivity contribution in [1.29, 1.82) is 0 Å². The second-order valence-electron chi connectivity index (χ2n) is 8.77. The molecule has 0 fully saturated rings. The van der Waals surface area contributed by atoms with Crippen LogP contribution in [0.15, 0.2) is 17.1 Å². The molecule has 3 N–H and O–H groups in total. The van der Waals surface area contributed by atoms with Gasteiger partial charge in [-0.3, -0.25) is 29.5 Å². The standard InChI is InChI=1S/C24H29N5O7/c1-24(2,3)22(34)29-23-27-19-15(20(32)28-23)12-14(13-25-19)8-6-7-9-17(30)26-16(21(33)36-5)10-11-18(31)35-4/h12-13,16H,7,9-11H2,1-5H3,(H,26,30)(H2,25,27,28,29,32,34)/t16-/m1/s1. The molecule has 0 bridgehead atoms. The lowest BCUT2D eigenvalue weighted by Crippen LogP contribution is -2.41. The van der Waals surface area contributed by atoms with E-state index in [0.717, 1.165) is 0 Å². The van der Waals surface area contributed by atoms with Gasteiger partial charge in [0, 0.05) is 36.4 Å². The minimum Gasteiger partial charge on any atom is -0.469 e. The number of esters is 2. The van der Waals surface area contributed by atoms with Gasteiger partial charge in [0.05, 0.1) is 19.6 Å². The molecular weight excluding hydrogens is 470 g/mol. The van der Waals surface area contributed by atoms with E-state index in [4.69, 9.17) is 0 Å². The highest BCUT2D eigenvalue weighted by Gasteiger charge is 2.23. The van der Waals surface area contributed by atoms with Crippen LogP contribution in [0.2, 0.25) is 0 Å². The summed E-state index contributed by atoms with van der Waals surface area (Å²) < 4.78 is 9.19. The number of hydrogen-bond donors (Lipinski definition) is 3. The molecule has 0 aliphatic carbocycles. The summed E-state index contributed by atoms with van der Waals surface area (Å²) in [5.74, 6) is 3.72. The van der Waals surface area contributed by atoms with Crippen LogP contribution < -0.4 is 16.2 Å². The predicted molar refractivity (Wildman–Crippen MR) is 130 cm³/mol. The minimum absolute atomic E-state index is 0.00129. The highest BCUT2D eigenvalue weighted by molar-refractivity contribution is 5.93. The average Bonchev–Trinajstić information content (AvgIpc) is 2.83. The lowest BCUT2D eigenvalue weighted by atomic mass is 9.96. The van der Waals surface area contributed by atoms with Crippen LogP contribution in [0.25, 0.3) is 11.0 Å². The summed E-state index contributed by atoms with van der Waals surface area (Å²) in [7, 11) is 2.42. The fourth-order valence-electron chi connectivity index (χ4n) is 2.81. The van der Waals surface area contributed by atoms with E-state index in [9.17, 15) is 24.0 Å². The van der Waals surface area contributed by atoms with Crippen LogP contribution in [0.4, 0.5) is 5.95 Å². The molecule has 0 aliphatic rings. The van der Waals surface area contributed by atoms with Crippen LogP contribution in [0, 0.1) is 17.3 Å². The quantitative estimate of drug-likeness (QED) is 0.355. The van der Waals surface area contributed by atoms with Crippen LogP contribution in [-0.2, 0) is 28.7 Å². The third-order valence-corrected chi connectivity index (χ3v) is 4.87. The van der Waals surface area contributed by atoms with Crippen LogP contribution in [0.1, 0.15) is 52.0 Å². The molecule has 12 nitrogen and oxygen atoms in total. The first-order chi connectivity index (χ1) is 16.9. The van der Waals surface area contributed by atoms with Gasteiger partial charge in [-0.25, -0.2) is 9.78 Å². The number of anilines is 1. The van der Waals surface area contributed by atoms with E-state index in [2.05, 4.69) is 46.9 Å².